The van der Waals surface area contributed by atoms with E-state index in [9.17, 15) is 14.7 Å². The molecule has 2 fully saturated rings. The zero-order valence-corrected chi connectivity index (χ0v) is 9.11. The van der Waals surface area contributed by atoms with Crippen molar-refractivity contribution in [1.29, 1.82) is 0 Å². The molecule has 1 heterocycles. The first kappa shape index (κ1) is 10.9. The van der Waals surface area contributed by atoms with Gasteiger partial charge in [0.1, 0.15) is 0 Å². The van der Waals surface area contributed by atoms with Crippen LogP contribution in [0.2, 0.25) is 0 Å². The van der Waals surface area contributed by atoms with E-state index >= 15 is 0 Å². The third kappa shape index (κ3) is 1.76. The number of hydrogen-bond acceptors (Lipinski definition) is 3. The van der Waals surface area contributed by atoms with Crippen molar-refractivity contribution in [2.75, 3.05) is 12.4 Å². The predicted octanol–water partition coefficient (Wildman–Crippen LogP) is 0.371. The van der Waals surface area contributed by atoms with E-state index in [1.54, 1.807) is 0 Å². The summed E-state index contributed by atoms with van der Waals surface area (Å²) in [6, 6.07) is 0. The van der Waals surface area contributed by atoms with Crippen LogP contribution >= 0.6 is 11.6 Å². The Balaban J connectivity index is 2.08. The molecule has 0 bridgehead atoms. The number of halogens is 1. The number of carbonyl (C=O) groups excluding carboxylic acids is 2. The van der Waals surface area contributed by atoms with E-state index < -0.39 is 6.10 Å². The van der Waals surface area contributed by atoms with Crippen LogP contribution in [0.25, 0.3) is 0 Å². The molecule has 5 heteroatoms. The number of aliphatic hydroxyl groups excluding tert-OH is 1. The molecule has 4 nitrogen and oxygen atoms in total. The highest BCUT2D eigenvalue weighted by Gasteiger charge is 2.49. The first-order valence-electron chi connectivity index (χ1n) is 5.24. The molecule has 2 rings (SSSR count). The number of fused-ring (bicyclic) bond motifs is 1. The van der Waals surface area contributed by atoms with Gasteiger partial charge in [-0.1, -0.05) is 6.42 Å². The lowest BCUT2D eigenvalue weighted by Crippen LogP contribution is -2.38. The quantitative estimate of drug-likeness (QED) is 0.564. The fourth-order valence-corrected chi connectivity index (χ4v) is 2.60. The van der Waals surface area contributed by atoms with E-state index in [0.29, 0.717) is 0 Å². The molecule has 0 aromatic heterocycles. The second-order valence-electron chi connectivity index (χ2n) is 4.24. The number of nitrogens with zero attached hydrogens (tertiary/aromatic N) is 1. The molecule has 1 aliphatic heterocycles. The van der Waals surface area contributed by atoms with Crippen molar-refractivity contribution in [1.82, 2.24) is 4.90 Å². The number of aliphatic hydroxyl groups is 1. The maximum atomic E-state index is 11.8. The van der Waals surface area contributed by atoms with Crippen molar-refractivity contribution < 1.29 is 14.7 Å². The topological polar surface area (TPSA) is 57.6 Å². The summed E-state index contributed by atoms with van der Waals surface area (Å²) in [7, 11) is 0. The Labute approximate surface area is 93.2 Å². The van der Waals surface area contributed by atoms with E-state index in [0.717, 1.165) is 19.3 Å². The van der Waals surface area contributed by atoms with E-state index in [4.69, 9.17) is 11.6 Å². The van der Waals surface area contributed by atoms with Crippen molar-refractivity contribution in [3.63, 3.8) is 0 Å². The lowest BCUT2D eigenvalue weighted by Gasteiger charge is -2.18. The Morgan fingerprint density at radius 1 is 1.33 bits per heavy atom. The number of β-amino-alcohol motifs (C(OH)–C–C–N with tert-alkyl or cyclic N) is 1. The molecule has 1 aliphatic carbocycles. The molecule has 0 spiro atoms. The Bertz CT molecular complexity index is 272. The summed E-state index contributed by atoms with van der Waals surface area (Å²) in [5, 5.41) is 9.34. The summed E-state index contributed by atoms with van der Waals surface area (Å²) in [5.41, 5.74) is 0. The van der Waals surface area contributed by atoms with Crippen LogP contribution < -0.4 is 0 Å². The van der Waals surface area contributed by atoms with Crippen LogP contribution in [-0.2, 0) is 9.59 Å². The monoisotopic (exact) mass is 231 g/mol. The number of rotatable bonds is 3. The molecular weight excluding hydrogens is 218 g/mol. The number of carbonyl (C=O) groups is 2. The molecular formula is C10H14ClNO3. The van der Waals surface area contributed by atoms with Crippen molar-refractivity contribution in [3.8, 4) is 0 Å². The molecule has 15 heavy (non-hydrogen) atoms. The minimum Gasteiger partial charge on any atom is -0.390 e. The largest absolute Gasteiger partial charge is 0.390 e. The summed E-state index contributed by atoms with van der Waals surface area (Å²) in [6.07, 6.45) is 1.77. The van der Waals surface area contributed by atoms with Gasteiger partial charge in [-0.15, -0.1) is 11.6 Å². The van der Waals surface area contributed by atoms with Gasteiger partial charge in [0.25, 0.3) is 0 Å². The van der Waals surface area contributed by atoms with E-state index in [1.807, 2.05) is 0 Å². The van der Waals surface area contributed by atoms with Gasteiger partial charge in [-0.2, -0.15) is 0 Å². The van der Waals surface area contributed by atoms with Gasteiger partial charge < -0.3 is 5.11 Å². The maximum absolute atomic E-state index is 11.8. The third-order valence-corrected chi connectivity index (χ3v) is 3.61. The highest BCUT2D eigenvalue weighted by atomic mass is 35.5. The van der Waals surface area contributed by atoms with Gasteiger partial charge in [0.05, 0.1) is 30.4 Å². The lowest BCUT2D eigenvalue weighted by atomic mass is 10.00. The van der Waals surface area contributed by atoms with Gasteiger partial charge in [0.15, 0.2) is 0 Å². The van der Waals surface area contributed by atoms with E-state index in [2.05, 4.69) is 0 Å². The Morgan fingerprint density at radius 2 is 1.87 bits per heavy atom. The molecule has 2 aliphatic rings. The number of amides is 2. The van der Waals surface area contributed by atoms with Gasteiger partial charge in [-0.25, -0.2) is 0 Å². The van der Waals surface area contributed by atoms with Crippen LogP contribution in [0.1, 0.15) is 19.3 Å². The van der Waals surface area contributed by atoms with Gasteiger partial charge in [-0.05, 0) is 12.8 Å². The van der Waals surface area contributed by atoms with Gasteiger partial charge in [0, 0.05) is 0 Å². The normalized spacial score (nSPS) is 32.3. The highest BCUT2D eigenvalue weighted by Crippen LogP contribution is 2.39. The van der Waals surface area contributed by atoms with E-state index in [-0.39, 0.29) is 36.1 Å². The zero-order chi connectivity index (χ0) is 11.0. The summed E-state index contributed by atoms with van der Waals surface area (Å²) in [4.78, 5) is 24.8. The molecule has 1 N–H and O–H groups in total. The van der Waals surface area contributed by atoms with Crippen LogP contribution in [0.4, 0.5) is 0 Å². The minimum atomic E-state index is -0.807. The maximum Gasteiger partial charge on any atom is 0.233 e. The third-order valence-electron chi connectivity index (χ3n) is 3.25. The SMILES string of the molecule is O=C1C2CCCC2C(=O)N1CC(O)CCl. The molecule has 1 saturated carbocycles. The first-order valence-corrected chi connectivity index (χ1v) is 5.78. The Kier molecular flexibility index (Phi) is 2.98. The summed E-state index contributed by atoms with van der Waals surface area (Å²) < 4.78 is 0. The molecule has 1 saturated heterocycles. The first-order chi connectivity index (χ1) is 7.15. The van der Waals surface area contributed by atoms with Gasteiger partial charge >= 0.3 is 0 Å². The molecule has 0 aromatic rings. The average molecular weight is 232 g/mol. The second-order valence-corrected chi connectivity index (χ2v) is 4.55. The van der Waals surface area contributed by atoms with Crippen molar-refractivity contribution in [3.05, 3.63) is 0 Å². The lowest BCUT2D eigenvalue weighted by molar-refractivity contribution is -0.141. The van der Waals surface area contributed by atoms with E-state index in [1.165, 1.54) is 4.90 Å². The highest BCUT2D eigenvalue weighted by molar-refractivity contribution is 6.18. The fraction of sp³-hybridized carbons (Fsp3) is 0.800. The fourth-order valence-electron chi connectivity index (χ4n) is 2.50. The second kappa shape index (κ2) is 4.10. The van der Waals surface area contributed by atoms with Crippen LogP contribution in [0.3, 0.4) is 0 Å². The Hall–Kier alpha value is -0.610. The summed E-state index contributed by atoms with van der Waals surface area (Å²) in [6.45, 7) is 0.0498. The van der Waals surface area contributed by atoms with Crippen LogP contribution in [0, 0.1) is 11.8 Å². The van der Waals surface area contributed by atoms with Gasteiger partial charge in [-0.3, -0.25) is 14.5 Å². The predicted molar refractivity (Wildman–Crippen MR) is 54.3 cm³/mol. The molecule has 2 amide bonds. The number of alkyl halides is 1. The van der Waals surface area contributed by atoms with Crippen molar-refractivity contribution in [2.45, 2.75) is 25.4 Å². The van der Waals surface area contributed by atoms with Crippen LogP contribution in [0.5, 0.6) is 0 Å². The smallest absolute Gasteiger partial charge is 0.233 e. The Morgan fingerprint density at radius 3 is 2.33 bits per heavy atom. The van der Waals surface area contributed by atoms with Crippen molar-refractivity contribution >= 4 is 23.4 Å². The molecule has 3 atom stereocenters. The van der Waals surface area contributed by atoms with Crippen molar-refractivity contribution in [2.24, 2.45) is 11.8 Å². The number of likely N-dealkylation sites (tertiary alicyclic amines) is 1. The van der Waals surface area contributed by atoms with Crippen LogP contribution in [-0.4, -0.2) is 40.3 Å². The van der Waals surface area contributed by atoms with Gasteiger partial charge in [0.2, 0.25) is 11.8 Å². The minimum absolute atomic E-state index is 0.0480. The average Bonchev–Trinajstić information content (AvgIpc) is 2.78. The number of imide groups is 1. The molecule has 84 valence electrons. The molecule has 0 radical (unpaired) electrons. The standard InChI is InChI=1S/C10H14ClNO3/c11-4-6(13)5-12-9(14)7-2-1-3-8(7)10(12)15/h6-8,13H,1-5H2. The van der Waals surface area contributed by atoms with Crippen LogP contribution in [0.15, 0.2) is 0 Å². The number of hydrogen-bond donors (Lipinski definition) is 1. The summed E-state index contributed by atoms with van der Waals surface area (Å²) >= 11 is 5.45. The molecule has 0 aromatic carbocycles. The summed E-state index contributed by atoms with van der Waals surface area (Å²) in [5.74, 6) is -0.440. The molecule has 3 unspecified atom stereocenters. The zero-order valence-electron chi connectivity index (χ0n) is 8.36.